The molecule has 106 valence electrons. The van der Waals surface area contributed by atoms with Crippen molar-refractivity contribution in [3.8, 4) is 0 Å². The van der Waals surface area contributed by atoms with E-state index < -0.39 is 10.9 Å². The van der Waals surface area contributed by atoms with Crippen LogP contribution < -0.4 is 0 Å². The van der Waals surface area contributed by atoms with Crippen LogP contribution in [0.25, 0.3) is 0 Å². The maximum absolute atomic E-state index is 12.0. The monoisotopic (exact) mass is 277 g/mol. The zero-order valence-electron chi connectivity index (χ0n) is 10.8. The van der Waals surface area contributed by atoms with E-state index in [2.05, 4.69) is 0 Å². The predicted octanol–water partition coefficient (Wildman–Crippen LogP) is 2.67. The zero-order chi connectivity index (χ0) is 14.7. The van der Waals surface area contributed by atoms with Gasteiger partial charge in [-0.15, -0.1) is 0 Å². The van der Waals surface area contributed by atoms with Crippen molar-refractivity contribution in [1.29, 1.82) is 0 Å². The number of carbonyl (C=O) groups excluding carboxylic acids is 1. The van der Waals surface area contributed by atoms with Crippen LogP contribution in [0.3, 0.4) is 0 Å². The molecule has 2 rings (SSSR count). The summed E-state index contributed by atoms with van der Waals surface area (Å²) < 4.78 is 0. The largest absolute Gasteiger partial charge is 0.481 e. The van der Waals surface area contributed by atoms with Gasteiger partial charge >= 0.3 is 5.97 Å². The van der Waals surface area contributed by atoms with E-state index in [0.29, 0.717) is 24.8 Å². The summed E-state index contributed by atoms with van der Waals surface area (Å²) in [4.78, 5) is 32.9. The summed E-state index contributed by atoms with van der Waals surface area (Å²) in [6.45, 7) is 0. The number of hydrogen-bond acceptors (Lipinski definition) is 4. The van der Waals surface area contributed by atoms with E-state index in [1.165, 1.54) is 24.3 Å². The number of rotatable bonds is 5. The molecule has 0 amide bonds. The van der Waals surface area contributed by atoms with E-state index in [9.17, 15) is 19.7 Å². The van der Waals surface area contributed by atoms with E-state index in [0.717, 1.165) is 6.42 Å². The molecule has 1 N–H and O–H groups in total. The molecule has 0 radical (unpaired) electrons. The van der Waals surface area contributed by atoms with Crippen LogP contribution in [0.4, 0.5) is 5.69 Å². The summed E-state index contributed by atoms with van der Waals surface area (Å²) in [5.41, 5.74) is 0.391. The Kier molecular flexibility index (Phi) is 4.12. The maximum atomic E-state index is 12.0. The molecule has 0 unspecified atom stereocenters. The van der Waals surface area contributed by atoms with Crippen molar-refractivity contribution in [1.82, 2.24) is 0 Å². The number of nitro groups is 1. The Balaban J connectivity index is 1.95. The Labute approximate surface area is 115 Å². The highest BCUT2D eigenvalue weighted by Crippen LogP contribution is 2.34. The van der Waals surface area contributed by atoms with Crippen LogP contribution in [0.1, 0.15) is 36.0 Å². The number of carbonyl (C=O) groups is 2. The third-order valence-corrected chi connectivity index (χ3v) is 3.76. The number of nitro benzene ring substituents is 1. The summed E-state index contributed by atoms with van der Waals surface area (Å²) in [5, 5.41) is 19.4. The first-order valence-electron chi connectivity index (χ1n) is 6.48. The van der Waals surface area contributed by atoms with Gasteiger partial charge in [-0.1, -0.05) is 0 Å². The minimum atomic E-state index is -0.796. The Hall–Kier alpha value is -2.24. The van der Waals surface area contributed by atoms with E-state index in [4.69, 9.17) is 5.11 Å². The van der Waals surface area contributed by atoms with Gasteiger partial charge in [0, 0.05) is 24.1 Å². The molecule has 0 saturated heterocycles. The molecule has 1 aliphatic rings. The Morgan fingerprint density at radius 1 is 1.25 bits per heavy atom. The first-order chi connectivity index (χ1) is 9.47. The fourth-order valence-corrected chi connectivity index (χ4v) is 2.63. The normalized spacial score (nSPS) is 21.6. The number of nitrogens with zero attached hydrogens (tertiary/aromatic N) is 1. The Morgan fingerprint density at radius 3 is 2.40 bits per heavy atom. The lowest BCUT2D eigenvalue weighted by Gasteiger charge is -2.08. The minimum absolute atomic E-state index is 0.0478. The van der Waals surface area contributed by atoms with Gasteiger partial charge in [0.05, 0.1) is 10.8 Å². The number of carboxylic acids is 1. The standard InChI is InChI=1S/C14H15NO5/c16-13(8-9-1-2-11(7-9)14(17)18)10-3-5-12(6-4-10)15(19)20/h3-6,9,11H,1-2,7-8H2,(H,17,18)/t9-,11+/m0/s1. The van der Waals surface area contributed by atoms with Gasteiger partial charge in [0.1, 0.15) is 0 Å². The van der Waals surface area contributed by atoms with Crippen LogP contribution in [-0.4, -0.2) is 21.8 Å². The third kappa shape index (κ3) is 3.20. The van der Waals surface area contributed by atoms with E-state index in [-0.39, 0.29) is 23.3 Å². The second kappa shape index (κ2) is 5.81. The molecule has 0 bridgehead atoms. The molecule has 0 aromatic heterocycles. The second-order valence-corrected chi connectivity index (χ2v) is 5.15. The number of aliphatic carboxylic acids is 1. The highest BCUT2D eigenvalue weighted by Gasteiger charge is 2.30. The van der Waals surface area contributed by atoms with E-state index >= 15 is 0 Å². The van der Waals surface area contributed by atoms with Crippen molar-refractivity contribution >= 4 is 17.4 Å². The lowest BCUT2D eigenvalue weighted by molar-refractivity contribution is -0.384. The summed E-state index contributed by atoms with van der Waals surface area (Å²) >= 11 is 0. The highest BCUT2D eigenvalue weighted by molar-refractivity contribution is 5.96. The van der Waals surface area contributed by atoms with Crippen LogP contribution in [0.15, 0.2) is 24.3 Å². The van der Waals surface area contributed by atoms with Gasteiger partial charge in [-0.3, -0.25) is 19.7 Å². The molecular weight excluding hydrogens is 262 g/mol. The van der Waals surface area contributed by atoms with Gasteiger partial charge in [-0.2, -0.15) is 0 Å². The Morgan fingerprint density at radius 2 is 1.90 bits per heavy atom. The molecule has 0 aliphatic heterocycles. The fraction of sp³-hybridized carbons (Fsp3) is 0.429. The molecule has 0 heterocycles. The van der Waals surface area contributed by atoms with Crippen LogP contribution >= 0.6 is 0 Å². The molecule has 1 aromatic rings. The minimum Gasteiger partial charge on any atom is -0.481 e. The molecule has 0 spiro atoms. The molecule has 1 aliphatic carbocycles. The van der Waals surface area contributed by atoms with E-state index in [1.807, 2.05) is 0 Å². The molecule has 6 nitrogen and oxygen atoms in total. The SMILES string of the molecule is O=C(C[C@H]1CC[C@@H](C(=O)O)C1)c1ccc([N+](=O)[O-])cc1. The van der Waals surface area contributed by atoms with Crippen LogP contribution in [0.2, 0.25) is 0 Å². The molecule has 1 saturated carbocycles. The fourth-order valence-electron chi connectivity index (χ4n) is 2.63. The van der Waals surface area contributed by atoms with Crippen LogP contribution in [0.5, 0.6) is 0 Å². The third-order valence-electron chi connectivity index (χ3n) is 3.76. The number of non-ortho nitro benzene ring substituents is 1. The maximum Gasteiger partial charge on any atom is 0.306 e. The second-order valence-electron chi connectivity index (χ2n) is 5.15. The number of benzene rings is 1. The lowest BCUT2D eigenvalue weighted by atomic mass is 9.96. The van der Waals surface area contributed by atoms with Gasteiger partial charge in [0.25, 0.3) is 5.69 Å². The summed E-state index contributed by atoms with van der Waals surface area (Å²) in [5.74, 6) is -1.13. The molecule has 1 aromatic carbocycles. The first kappa shape index (κ1) is 14.2. The van der Waals surface area contributed by atoms with Gasteiger partial charge in [-0.05, 0) is 37.3 Å². The number of carboxylic acid groups (broad SMARTS) is 1. The van der Waals surface area contributed by atoms with Crippen molar-refractivity contribution in [3.63, 3.8) is 0 Å². The number of Topliss-reactive ketones (excluding diaryl/α,β-unsaturated/α-hetero) is 1. The average molecular weight is 277 g/mol. The molecule has 1 fully saturated rings. The lowest BCUT2D eigenvalue weighted by Crippen LogP contribution is -2.11. The van der Waals surface area contributed by atoms with Crippen molar-refractivity contribution in [2.75, 3.05) is 0 Å². The smallest absolute Gasteiger partial charge is 0.306 e. The first-order valence-corrected chi connectivity index (χ1v) is 6.48. The zero-order valence-corrected chi connectivity index (χ0v) is 10.8. The highest BCUT2D eigenvalue weighted by atomic mass is 16.6. The van der Waals surface area contributed by atoms with Gasteiger partial charge in [-0.25, -0.2) is 0 Å². The van der Waals surface area contributed by atoms with E-state index in [1.54, 1.807) is 0 Å². The topological polar surface area (TPSA) is 97.5 Å². The number of ketones is 1. The predicted molar refractivity (Wildman–Crippen MR) is 70.5 cm³/mol. The van der Waals surface area contributed by atoms with Crippen molar-refractivity contribution < 1.29 is 19.6 Å². The summed E-state index contributed by atoms with van der Waals surface area (Å²) in [6.07, 6.45) is 2.21. The summed E-state index contributed by atoms with van der Waals surface area (Å²) in [7, 11) is 0. The molecule has 2 atom stereocenters. The molecule has 6 heteroatoms. The van der Waals surface area contributed by atoms with Crippen LogP contribution in [-0.2, 0) is 4.79 Å². The molecular formula is C14H15NO5. The van der Waals surface area contributed by atoms with Gasteiger partial charge in [0.15, 0.2) is 5.78 Å². The average Bonchev–Trinajstić information content (AvgIpc) is 2.87. The summed E-state index contributed by atoms with van der Waals surface area (Å²) in [6, 6.07) is 5.51. The van der Waals surface area contributed by atoms with Crippen molar-refractivity contribution in [2.45, 2.75) is 25.7 Å². The van der Waals surface area contributed by atoms with Crippen molar-refractivity contribution in [3.05, 3.63) is 39.9 Å². The van der Waals surface area contributed by atoms with Gasteiger partial charge in [0.2, 0.25) is 0 Å². The number of hydrogen-bond donors (Lipinski definition) is 1. The quantitative estimate of drug-likeness (QED) is 0.507. The Bertz CT molecular complexity index is 537. The van der Waals surface area contributed by atoms with Gasteiger partial charge < -0.3 is 5.11 Å². The van der Waals surface area contributed by atoms with Crippen molar-refractivity contribution in [2.24, 2.45) is 11.8 Å². The van der Waals surface area contributed by atoms with Crippen LogP contribution in [0, 0.1) is 22.0 Å². The molecule has 20 heavy (non-hydrogen) atoms.